The summed E-state index contributed by atoms with van der Waals surface area (Å²) in [5.74, 6) is 0.281. The molecular weight excluding hydrogens is 310 g/mol. The smallest absolute Gasteiger partial charge is 0.310 e. The number of amides is 1. The summed E-state index contributed by atoms with van der Waals surface area (Å²) in [5.41, 5.74) is 0.215. The standard InChI is InChI=1S/C14H19N3O4.ClH/c1-21-13-7-11(4-5-12(13)17(19)20)14(18)16-9-10-3-2-6-15-8-10;/h4-5,7,10,15H,2-3,6,8-9H2,1H3,(H,16,18);1H. The molecule has 2 N–H and O–H groups in total. The molecule has 1 heterocycles. The van der Waals surface area contributed by atoms with Crippen molar-refractivity contribution < 1.29 is 14.5 Å². The molecule has 8 heteroatoms. The monoisotopic (exact) mass is 329 g/mol. The summed E-state index contributed by atoms with van der Waals surface area (Å²) in [6, 6.07) is 4.12. The summed E-state index contributed by atoms with van der Waals surface area (Å²) in [4.78, 5) is 22.4. The Bertz CT molecular complexity index is 533. The molecule has 1 aliphatic heterocycles. The maximum atomic E-state index is 12.1. The number of hydrogen-bond acceptors (Lipinski definition) is 5. The van der Waals surface area contributed by atoms with Crippen LogP contribution in [0, 0.1) is 16.0 Å². The third-order valence-electron chi connectivity index (χ3n) is 3.59. The number of halogens is 1. The fraction of sp³-hybridized carbons (Fsp3) is 0.500. The molecule has 0 spiro atoms. The molecule has 0 aliphatic carbocycles. The number of nitro groups is 1. The zero-order valence-electron chi connectivity index (χ0n) is 12.3. The van der Waals surface area contributed by atoms with Crippen molar-refractivity contribution >= 4 is 24.0 Å². The molecule has 0 bridgehead atoms. The molecule has 0 aromatic heterocycles. The van der Waals surface area contributed by atoms with Gasteiger partial charge in [-0.05, 0) is 37.9 Å². The molecule has 7 nitrogen and oxygen atoms in total. The molecule has 122 valence electrons. The summed E-state index contributed by atoms with van der Waals surface area (Å²) in [5, 5.41) is 17.0. The van der Waals surface area contributed by atoms with Crippen LogP contribution in [0.3, 0.4) is 0 Å². The average Bonchev–Trinajstić information content (AvgIpc) is 2.52. The molecular formula is C14H20ClN3O4. The molecule has 2 rings (SSSR count). The summed E-state index contributed by atoms with van der Waals surface area (Å²) in [7, 11) is 1.34. The van der Waals surface area contributed by atoms with Gasteiger partial charge in [0.25, 0.3) is 5.91 Å². The van der Waals surface area contributed by atoms with Crippen molar-refractivity contribution in [1.82, 2.24) is 10.6 Å². The quantitative estimate of drug-likeness (QED) is 0.634. The van der Waals surface area contributed by atoms with Crippen LogP contribution in [0.25, 0.3) is 0 Å². The van der Waals surface area contributed by atoms with Gasteiger partial charge in [0.1, 0.15) is 0 Å². The first-order valence-electron chi connectivity index (χ1n) is 6.93. The van der Waals surface area contributed by atoms with Crippen molar-refractivity contribution in [2.24, 2.45) is 5.92 Å². The lowest BCUT2D eigenvalue weighted by atomic mass is 9.99. The minimum Gasteiger partial charge on any atom is -0.490 e. The minimum absolute atomic E-state index is 0. The van der Waals surface area contributed by atoms with Gasteiger partial charge in [-0.25, -0.2) is 0 Å². The molecule has 1 fully saturated rings. The Kier molecular flexibility index (Phi) is 7.07. The molecule has 1 amide bonds. The second-order valence-corrected chi connectivity index (χ2v) is 5.07. The number of nitrogens with one attached hydrogen (secondary N) is 2. The average molecular weight is 330 g/mol. The van der Waals surface area contributed by atoms with Gasteiger partial charge in [0, 0.05) is 24.2 Å². The van der Waals surface area contributed by atoms with Crippen molar-refractivity contribution in [3.8, 4) is 5.75 Å². The van der Waals surface area contributed by atoms with E-state index in [-0.39, 0.29) is 29.8 Å². The number of rotatable bonds is 5. The highest BCUT2D eigenvalue weighted by atomic mass is 35.5. The van der Waals surface area contributed by atoms with Crippen LogP contribution in [0.15, 0.2) is 18.2 Å². The van der Waals surface area contributed by atoms with Gasteiger partial charge in [0.15, 0.2) is 5.75 Å². The zero-order chi connectivity index (χ0) is 15.2. The number of carbonyl (C=O) groups excluding carboxylic acids is 1. The Morgan fingerprint density at radius 1 is 1.55 bits per heavy atom. The number of nitro benzene ring substituents is 1. The van der Waals surface area contributed by atoms with Crippen LogP contribution in [0.4, 0.5) is 5.69 Å². The summed E-state index contributed by atoms with van der Waals surface area (Å²) < 4.78 is 4.96. The van der Waals surface area contributed by atoms with Gasteiger partial charge in [0.2, 0.25) is 0 Å². The van der Waals surface area contributed by atoms with Crippen LogP contribution in [-0.4, -0.2) is 37.6 Å². The second kappa shape index (κ2) is 8.55. The second-order valence-electron chi connectivity index (χ2n) is 5.07. The van der Waals surface area contributed by atoms with Crippen molar-refractivity contribution in [3.05, 3.63) is 33.9 Å². The van der Waals surface area contributed by atoms with E-state index in [2.05, 4.69) is 10.6 Å². The number of benzene rings is 1. The lowest BCUT2D eigenvalue weighted by Gasteiger charge is -2.22. The van der Waals surface area contributed by atoms with E-state index in [1.54, 1.807) is 0 Å². The molecule has 1 atom stereocenters. The molecule has 1 aromatic carbocycles. The predicted molar refractivity (Wildman–Crippen MR) is 84.8 cm³/mol. The lowest BCUT2D eigenvalue weighted by molar-refractivity contribution is -0.385. The third kappa shape index (κ3) is 4.57. The fourth-order valence-corrected chi connectivity index (χ4v) is 2.41. The number of carbonyl (C=O) groups is 1. The van der Waals surface area contributed by atoms with E-state index in [1.807, 2.05) is 0 Å². The molecule has 22 heavy (non-hydrogen) atoms. The van der Waals surface area contributed by atoms with Crippen LogP contribution in [0.1, 0.15) is 23.2 Å². The Labute approximate surface area is 135 Å². The highest BCUT2D eigenvalue weighted by molar-refractivity contribution is 5.95. The SMILES string of the molecule is COc1cc(C(=O)NCC2CCCNC2)ccc1[N+](=O)[O-].Cl. The maximum absolute atomic E-state index is 12.1. The first kappa shape index (κ1) is 18.2. The van der Waals surface area contributed by atoms with Crippen LogP contribution in [-0.2, 0) is 0 Å². The maximum Gasteiger partial charge on any atom is 0.310 e. The van der Waals surface area contributed by atoms with Gasteiger partial charge in [-0.15, -0.1) is 12.4 Å². The normalized spacial score (nSPS) is 17.2. The largest absolute Gasteiger partial charge is 0.490 e. The highest BCUT2D eigenvalue weighted by Gasteiger charge is 2.18. The number of methoxy groups -OCH3 is 1. The first-order valence-corrected chi connectivity index (χ1v) is 6.93. The Hall–Kier alpha value is -1.86. The number of hydrogen-bond donors (Lipinski definition) is 2. The summed E-state index contributed by atoms with van der Waals surface area (Å²) in [6.07, 6.45) is 2.21. The number of nitrogens with zero attached hydrogens (tertiary/aromatic N) is 1. The Balaban J connectivity index is 0.00000242. The van der Waals surface area contributed by atoms with Crippen LogP contribution in [0.5, 0.6) is 5.75 Å². The summed E-state index contributed by atoms with van der Waals surface area (Å²) in [6.45, 7) is 2.54. The van der Waals surface area contributed by atoms with Crippen molar-refractivity contribution in [2.75, 3.05) is 26.7 Å². The number of piperidine rings is 1. The summed E-state index contributed by atoms with van der Waals surface area (Å²) >= 11 is 0. The van der Waals surface area contributed by atoms with Gasteiger partial charge >= 0.3 is 5.69 Å². The highest BCUT2D eigenvalue weighted by Crippen LogP contribution is 2.27. The van der Waals surface area contributed by atoms with Crippen LogP contribution in [0.2, 0.25) is 0 Å². The first-order chi connectivity index (χ1) is 10.1. The number of ether oxygens (including phenoxy) is 1. The van der Waals surface area contributed by atoms with Gasteiger partial charge in [-0.1, -0.05) is 0 Å². The van der Waals surface area contributed by atoms with Crippen molar-refractivity contribution in [1.29, 1.82) is 0 Å². The van der Waals surface area contributed by atoms with E-state index in [0.29, 0.717) is 18.0 Å². The minimum atomic E-state index is -0.534. The molecule has 1 unspecified atom stereocenters. The predicted octanol–water partition coefficient (Wildman–Crippen LogP) is 1.75. The van der Waals surface area contributed by atoms with Gasteiger partial charge in [-0.3, -0.25) is 14.9 Å². The molecule has 1 aliphatic rings. The van der Waals surface area contributed by atoms with E-state index >= 15 is 0 Å². The van der Waals surface area contributed by atoms with Crippen molar-refractivity contribution in [3.63, 3.8) is 0 Å². The molecule has 0 radical (unpaired) electrons. The van der Waals surface area contributed by atoms with Gasteiger partial charge < -0.3 is 15.4 Å². The molecule has 1 saturated heterocycles. The van der Waals surface area contributed by atoms with E-state index in [0.717, 1.165) is 25.9 Å². The van der Waals surface area contributed by atoms with E-state index in [9.17, 15) is 14.9 Å². The van der Waals surface area contributed by atoms with E-state index in [1.165, 1.54) is 25.3 Å². The van der Waals surface area contributed by atoms with Crippen LogP contribution < -0.4 is 15.4 Å². The topological polar surface area (TPSA) is 93.5 Å². The Morgan fingerprint density at radius 3 is 2.91 bits per heavy atom. The lowest BCUT2D eigenvalue weighted by Crippen LogP contribution is -2.38. The van der Waals surface area contributed by atoms with E-state index < -0.39 is 4.92 Å². The zero-order valence-corrected chi connectivity index (χ0v) is 13.1. The van der Waals surface area contributed by atoms with Crippen molar-refractivity contribution in [2.45, 2.75) is 12.8 Å². The van der Waals surface area contributed by atoms with E-state index in [4.69, 9.17) is 4.74 Å². The Morgan fingerprint density at radius 2 is 2.32 bits per heavy atom. The fourth-order valence-electron chi connectivity index (χ4n) is 2.41. The third-order valence-corrected chi connectivity index (χ3v) is 3.59. The van der Waals surface area contributed by atoms with Crippen LogP contribution >= 0.6 is 12.4 Å². The van der Waals surface area contributed by atoms with Gasteiger partial charge in [0.05, 0.1) is 12.0 Å². The molecule has 1 aromatic rings. The van der Waals surface area contributed by atoms with Gasteiger partial charge in [-0.2, -0.15) is 0 Å². The molecule has 0 saturated carbocycles.